The Kier molecular flexibility index (Phi) is 4.59. The normalized spacial score (nSPS) is 22.1. The number of likely N-dealkylation sites (N-methyl/N-ethyl adjacent to an activating group) is 1. The van der Waals surface area contributed by atoms with Crippen molar-refractivity contribution in [3.05, 3.63) is 35.9 Å². The Balaban J connectivity index is 1.91. The molecule has 1 aromatic carbocycles. The van der Waals surface area contributed by atoms with E-state index >= 15 is 0 Å². The van der Waals surface area contributed by atoms with Crippen LogP contribution in [0.1, 0.15) is 18.4 Å². The molecule has 0 saturated carbocycles. The number of carbonyl (C=O) groups is 1. The van der Waals surface area contributed by atoms with E-state index < -0.39 is 5.54 Å². The summed E-state index contributed by atoms with van der Waals surface area (Å²) in [6.45, 7) is 1.27. The molecule has 2 rings (SSSR count). The molecule has 5 nitrogen and oxygen atoms in total. The molecular weight excluding hydrogens is 254 g/mol. The molecule has 0 aliphatic carbocycles. The summed E-state index contributed by atoms with van der Waals surface area (Å²) in [6.07, 6.45) is 1.19. The highest BCUT2D eigenvalue weighted by molar-refractivity contribution is 5.68. The van der Waals surface area contributed by atoms with Crippen LogP contribution in [0.5, 0.6) is 0 Å². The molecule has 1 aromatic rings. The predicted octanol–water partition coefficient (Wildman–Crippen LogP) is 1.90. The van der Waals surface area contributed by atoms with E-state index in [0.717, 1.165) is 18.4 Å². The van der Waals surface area contributed by atoms with Gasteiger partial charge in [-0.3, -0.25) is 0 Å². The minimum absolute atomic E-state index is 0.259. The number of nitrogens with one attached hydrogen (secondary N) is 1. The maximum atomic E-state index is 12.1. The Hall–Kier alpha value is -2.06. The first-order chi connectivity index (χ1) is 9.69. The fourth-order valence-electron chi connectivity index (χ4n) is 2.37. The van der Waals surface area contributed by atoms with Crippen molar-refractivity contribution >= 4 is 6.09 Å². The SMILES string of the molecule is CNC1(C#N)CCCN(C(=O)OCc2ccccc2)C1. The Morgan fingerprint density at radius 3 is 2.90 bits per heavy atom. The molecule has 0 radical (unpaired) electrons. The van der Waals surface area contributed by atoms with E-state index in [9.17, 15) is 10.1 Å². The van der Waals surface area contributed by atoms with Crippen molar-refractivity contribution in [2.24, 2.45) is 0 Å². The zero-order chi connectivity index (χ0) is 14.4. The summed E-state index contributed by atoms with van der Waals surface area (Å²) in [4.78, 5) is 13.7. The van der Waals surface area contributed by atoms with Gasteiger partial charge in [0.1, 0.15) is 12.1 Å². The van der Waals surface area contributed by atoms with Crippen molar-refractivity contribution in [3.63, 3.8) is 0 Å². The van der Waals surface area contributed by atoms with Crippen molar-refractivity contribution < 1.29 is 9.53 Å². The standard InChI is InChI=1S/C15H19N3O2/c1-17-15(11-16)8-5-9-18(12-15)14(19)20-10-13-6-3-2-4-7-13/h2-4,6-7,17H,5,8-10,12H2,1H3. The number of piperidine rings is 1. The average molecular weight is 273 g/mol. The molecule has 0 bridgehead atoms. The topological polar surface area (TPSA) is 65.4 Å². The van der Waals surface area contributed by atoms with Crippen molar-refractivity contribution in [2.75, 3.05) is 20.1 Å². The third-order valence-corrected chi connectivity index (χ3v) is 3.65. The summed E-state index contributed by atoms with van der Waals surface area (Å²) in [5.41, 5.74) is 0.308. The van der Waals surface area contributed by atoms with Crippen LogP contribution in [0.3, 0.4) is 0 Å². The predicted molar refractivity (Wildman–Crippen MR) is 74.8 cm³/mol. The molecule has 1 unspecified atom stereocenters. The highest BCUT2D eigenvalue weighted by Gasteiger charge is 2.36. The van der Waals surface area contributed by atoms with Gasteiger partial charge in [-0.2, -0.15) is 5.26 Å². The van der Waals surface area contributed by atoms with E-state index in [1.54, 1.807) is 11.9 Å². The van der Waals surface area contributed by atoms with Crippen molar-refractivity contribution in [2.45, 2.75) is 25.0 Å². The van der Waals surface area contributed by atoms with Crippen LogP contribution in [-0.2, 0) is 11.3 Å². The molecule has 20 heavy (non-hydrogen) atoms. The largest absolute Gasteiger partial charge is 0.445 e. The fourth-order valence-corrected chi connectivity index (χ4v) is 2.37. The van der Waals surface area contributed by atoms with Crippen molar-refractivity contribution in [1.82, 2.24) is 10.2 Å². The number of hydrogen-bond donors (Lipinski definition) is 1. The highest BCUT2D eigenvalue weighted by atomic mass is 16.6. The molecule has 106 valence electrons. The van der Waals surface area contributed by atoms with E-state index in [0.29, 0.717) is 13.1 Å². The molecule has 1 aliphatic heterocycles. The molecule has 1 aliphatic rings. The molecule has 1 saturated heterocycles. The van der Waals surface area contributed by atoms with Gasteiger partial charge in [0.05, 0.1) is 12.6 Å². The number of hydrogen-bond acceptors (Lipinski definition) is 4. The number of likely N-dealkylation sites (tertiary alicyclic amines) is 1. The highest BCUT2D eigenvalue weighted by Crippen LogP contribution is 2.21. The van der Waals surface area contributed by atoms with Gasteiger partial charge in [0.2, 0.25) is 0 Å². The number of amides is 1. The summed E-state index contributed by atoms with van der Waals surface area (Å²) >= 11 is 0. The van der Waals surface area contributed by atoms with Crippen LogP contribution in [0, 0.1) is 11.3 Å². The zero-order valence-electron chi connectivity index (χ0n) is 11.6. The summed E-state index contributed by atoms with van der Waals surface area (Å²) in [5.74, 6) is 0. The Bertz CT molecular complexity index is 498. The molecule has 1 atom stereocenters. The zero-order valence-corrected chi connectivity index (χ0v) is 11.6. The van der Waals surface area contributed by atoms with Gasteiger partial charge in [-0.1, -0.05) is 30.3 Å². The molecule has 1 N–H and O–H groups in total. The molecule has 1 heterocycles. The first-order valence-electron chi connectivity index (χ1n) is 6.75. The Morgan fingerprint density at radius 1 is 1.50 bits per heavy atom. The Labute approximate surface area is 119 Å². The lowest BCUT2D eigenvalue weighted by Gasteiger charge is -2.37. The maximum absolute atomic E-state index is 12.1. The van der Waals surface area contributed by atoms with Crippen LogP contribution >= 0.6 is 0 Å². The third-order valence-electron chi connectivity index (χ3n) is 3.65. The first kappa shape index (κ1) is 14.4. The minimum atomic E-state index is -0.649. The van der Waals surface area contributed by atoms with Crippen LogP contribution in [0.25, 0.3) is 0 Å². The lowest BCUT2D eigenvalue weighted by Crippen LogP contribution is -2.56. The maximum Gasteiger partial charge on any atom is 0.410 e. The van der Waals surface area contributed by atoms with Crippen molar-refractivity contribution in [1.29, 1.82) is 5.26 Å². The van der Waals surface area contributed by atoms with Crippen molar-refractivity contribution in [3.8, 4) is 6.07 Å². The van der Waals surface area contributed by atoms with Crippen LogP contribution in [-0.4, -0.2) is 36.7 Å². The lowest BCUT2D eigenvalue weighted by atomic mass is 9.91. The van der Waals surface area contributed by atoms with E-state index in [1.807, 2.05) is 30.3 Å². The molecule has 5 heteroatoms. The second kappa shape index (κ2) is 6.40. The number of nitriles is 1. The summed E-state index contributed by atoms with van der Waals surface area (Å²) < 4.78 is 5.30. The average Bonchev–Trinajstić information content (AvgIpc) is 2.53. The van der Waals surface area contributed by atoms with E-state index in [-0.39, 0.29) is 12.7 Å². The number of benzene rings is 1. The van der Waals surface area contributed by atoms with Gasteiger partial charge >= 0.3 is 6.09 Å². The van der Waals surface area contributed by atoms with Gasteiger partial charge in [0, 0.05) is 6.54 Å². The fraction of sp³-hybridized carbons (Fsp3) is 0.467. The number of ether oxygens (including phenoxy) is 1. The minimum Gasteiger partial charge on any atom is -0.445 e. The molecule has 1 amide bonds. The summed E-state index contributed by atoms with van der Waals surface area (Å²) in [6, 6.07) is 11.8. The smallest absolute Gasteiger partial charge is 0.410 e. The molecule has 1 fully saturated rings. The van der Waals surface area contributed by atoms with Gasteiger partial charge < -0.3 is 15.0 Å². The van der Waals surface area contributed by atoms with E-state index in [2.05, 4.69) is 11.4 Å². The number of carbonyl (C=O) groups excluding carboxylic acids is 1. The van der Waals surface area contributed by atoms with Gasteiger partial charge in [-0.15, -0.1) is 0 Å². The molecular formula is C15H19N3O2. The molecule has 0 spiro atoms. The van der Waals surface area contributed by atoms with Gasteiger partial charge in [0.25, 0.3) is 0 Å². The van der Waals surface area contributed by atoms with E-state index in [4.69, 9.17) is 4.74 Å². The monoisotopic (exact) mass is 273 g/mol. The second-order valence-corrected chi connectivity index (χ2v) is 5.01. The quantitative estimate of drug-likeness (QED) is 0.913. The molecule has 0 aromatic heterocycles. The third kappa shape index (κ3) is 3.28. The van der Waals surface area contributed by atoms with Crippen LogP contribution < -0.4 is 5.32 Å². The summed E-state index contributed by atoms with van der Waals surface area (Å²) in [7, 11) is 1.75. The van der Waals surface area contributed by atoms with Gasteiger partial charge in [0.15, 0.2) is 0 Å². The number of nitrogens with zero attached hydrogens (tertiary/aromatic N) is 2. The van der Waals surface area contributed by atoms with Gasteiger partial charge in [-0.25, -0.2) is 4.79 Å². The Morgan fingerprint density at radius 2 is 2.25 bits per heavy atom. The summed E-state index contributed by atoms with van der Waals surface area (Å²) in [5, 5.41) is 12.3. The number of rotatable bonds is 3. The lowest BCUT2D eigenvalue weighted by molar-refractivity contribution is 0.0764. The first-order valence-corrected chi connectivity index (χ1v) is 6.75. The van der Waals surface area contributed by atoms with Crippen LogP contribution in [0.2, 0.25) is 0 Å². The van der Waals surface area contributed by atoms with Crippen LogP contribution in [0.4, 0.5) is 4.79 Å². The van der Waals surface area contributed by atoms with Crippen LogP contribution in [0.15, 0.2) is 30.3 Å². The second-order valence-electron chi connectivity index (χ2n) is 5.01. The van der Waals surface area contributed by atoms with Gasteiger partial charge in [-0.05, 0) is 25.5 Å². The van der Waals surface area contributed by atoms with E-state index in [1.165, 1.54) is 0 Å².